The van der Waals surface area contributed by atoms with Crippen LogP contribution in [0.1, 0.15) is 18.4 Å². The number of halogens is 1. The topological polar surface area (TPSA) is 58.4 Å². The number of nitrogens with two attached hydrogens (primary N) is 1. The average molecular weight is 313 g/mol. The van der Waals surface area contributed by atoms with Gasteiger partial charge in [-0.3, -0.25) is 0 Å². The molecule has 0 aliphatic carbocycles. The maximum atomic E-state index is 13.1. The maximum absolute atomic E-state index is 13.1. The number of rotatable bonds is 2. The van der Waals surface area contributed by atoms with Gasteiger partial charge in [0.1, 0.15) is 5.82 Å². The molecule has 3 N–H and O–H groups in total. The van der Waals surface area contributed by atoms with Crippen molar-refractivity contribution in [3.63, 3.8) is 0 Å². The Balaban J connectivity index is 1.92. The summed E-state index contributed by atoms with van der Waals surface area (Å²) in [4.78, 5) is 14.1. The number of urea groups is 1. The minimum Gasteiger partial charge on any atom is -0.397 e. The van der Waals surface area contributed by atoms with Gasteiger partial charge in [-0.05, 0) is 54.7 Å². The smallest absolute Gasteiger partial charge is 0.321 e. The molecule has 5 heteroatoms. The summed E-state index contributed by atoms with van der Waals surface area (Å²) in [5, 5.41) is 2.93. The Bertz CT molecular complexity index is 722. The van der Waals surface area contributed by atoms with Gasteiger partial charge in [-0.25, -0.2) is 9.18 Å². The molecule has 1 fully saturated rings. The molecule has 0 saturated carbocycles. The van der Waals surface area contributed by atoms with Crippen molar-refractivity contribution in [1.82, 2.24) is 4.90 Å². The molecule has 4 nitrogen and oxygen atoms in total. The van der Waals surface area contributed by atoms with E-state index in [4.69, 9.17) is 5.73 Å². The van der Waals surface area contributed by atoms with Crippen LogP contribution in [0.4, 0.5) is 20.6 Å². The molecule has 1 aliphatic heterocycles. The zero-order valence-electron chi connectivity index (χ0n) is 13.1. The van der Waals surface area contributed by atoms with E-state index < -0.39 is 0 Å². The molecule has 1 aliphatic rings. The van der Waals surface area contributed by atoms with Crippen LogP contribution in [-0.4, -0.2) is 24.0 Å². The van der Waals surface area contributed by atoms with Crippen LogP contribution >= 0.6 is 0 Å². The lowest BCUT2D eigenvalue weighted by Gasteiger charge is -2.20. The van der Waals surface area contributed by atoms with Crippen LogP contribution in [0.25, 0.3) is 11.1 Å². The van der Waals surface area contributed by atoms with Crippen molar-refractivity contribution in [3.8, 4) is 11.1 Å². The molecule has 3 rings (SSSR count). The van der Waals surface area contributed by atoms with Crippen molar-refractivity contribution in [2.75, 3.05) is 24.1 Å². The predicted molar refractivity (Wildman–Crippen MR) is 90.8 cm³/mol. The minimum absolute atomic E-state index is 0.117. The van der Waals surface area contributed by atoms with Crippen molar-refractivity contribution < 1.29 is 9.18 Å². The number of hydrogen-bond donors (Lipinski definition) is 2. The van der Waals surface area contributed by atoms with E-state index in [9.17, 15) is 9.18 Å². The number of anilines is 2. The molecule has 0 aromatic heterocycles. The molecule has 2 aromatic carbocycles. The van der Waals surface area contributed by atoms with Gasteiger partial charge in [0.25, 0.3) is 0 Å². The van der Waals surface area contributed by atoms with E-state index in [0.29, 0.717) is 11.4 Å². The summed E-state index contributed by atoms with van der Waals surface area (Å²) in [5.74, 6) is -0.274. The number of likely N-dealkylation sites (tertiary alicyclic amines) is 1. The second-order valence-electron chi connectivity index (χ2n) is 5.83. The molecule has 0 spiro atoms. The fourth-order valence-electron chi connectivity index (χ4n) is 2.95. The standard InChI is InChI=1S/C18H20FN3O/c1-12-15(13-4-6-14(19)7-5-13)8-9-16(20)17(12)21-18(23)22-10-2-3-11-22/h4-9H,2-3,10-11,20H2,1H3,(H,21,23). The number of nitrogens with zero attached hydrogens (tertiary/aromatic N) is 1. The summed E-state index contributed by atoms with van der Waals surface area (Å²) in [6.45, 7) is 3.47. The molecule has 2 amide bonds. The fraction of sp³-hybridized carbons (Fsp3) is 0.278. The molecular weight excluding hydrogens is 293 g/mol. The number of nitrogens with one attached hydrogen (secondary N) is 1. The van der Waals surface area contributed by atoms with Gasteiger partial charge >= 0.3 is 6.03 Å². The number of carbonyl (C=O) groups is 1. The van der Waals surface area contributed by atoms with Crippen molar-refractivity contribution in [2.24, 2.45) is 0 Å². The predicted octanol–water partition coefficient (Wildman–Crippen LogP) is 4.01. The Hall–Kier alpha value is -2.56. The summed E-state index contributed by atoms with van der Waals surface area (Å²) >= 11 is 0. The van der Waals surface area contributed by atoms with Gasteiger partial charge in [0, 0.05) is 13.1 Å². The Morgan fingerprint density at radius 3 is 2.43 bits per heavy atom. The highest BCUT2D eigenvalue weighted by molar-refractivity contribution is 5.96. The largest absolute Gasteiger partial charge is 0.397 e. The molecule has 0 unspecified atom stereocenters. The Morgan fingerprint density at radius 2 is 1.78 bits per heavy atom. The second-order valence-corrected chi connectivity index (χ2v) is 5.83. The van der Waals surface area contributed by atoms with E-state index in [1.165, 1.54) is 12.1 Å². The van der Waals surface area contributed by atoms with E-state index in [1.54, 1.807) is 23.1 Å². The first-order chi connectivity index (χ1) is 11.1. The van der Waals surface area contributed by atoms with Gasteiger partial charge in [-0.15, -0.1) is 0 Å². The molecule has 0 bridgehead atoms. The number of benzene rings is 2. The van der Waals surface area contributed by atoms with E-state index >= 15 is 0 Å². The van der Waals surface area contributed by atoms with Gasteiger partial charge in [0.2, 0.25) is 0 Å². The van der Waals surface area contributed by atoms with E-state index in [2.05, 4.69) is 5.32 Å². The summed E-state index contributed by atoms with van der Waals surface area (Å²) < 4.78 is 13.1. The quantitative estimate of drug-likeness (QED) is 0.823. The van der Waals surface area contributed by atoms with Crippen LogP contribution < -0.4 is 11.1 Å². The van der Waals surface area contributed by atoms with Gasteiger partial charge in [0.05, 0.1) is 11.4 Å². The third-order valence-corrected chi connectivity index (χ3v) is 4.28. The molecule has 120 valence electrons. The normalized spacial score (nSPS) is 14.1. The zero-order chi connectivity index (χ0) is 16.4. The van der Waals surface area contributed by atoms with E-state index in [-0.39, 0.29) is 11.8 Å². The Labute approximate surface area is 135 Å². The first-order valence-corrected chi connectivity index (χ1v) is 7.77. The summed E-state index contributed by atoms with van der Waals surface area (Å²) in [7, 11) is 0. The average Bonchev–Trinajstić information content (AvgIpc) is 3.07. The minimum atomic E-state index is -0.274. The third-order valence-electron chi connectivity index (χ3n) is 4.28. The summed E-state index contributed by atoms with van der Waals surface area (Å²) in [6, 6.07) is 9.84. The van der Waals surface area contributed by atoms with Gasteiger partial charge in [-0.2, -0.15) is 0 Å². The molecule has 2 aromatic rings. The van der Waals surface area contributed by atoms with Gasteiger partial charge in [-0.1, -0.05) is 18.2 Å². The molecule has 0 atom stereocenters. The summed E-state index contributed by atoms with van der Waals surface area (Å²) in [5.41, 5.74) is 9.90. The van der Waals surface area contributed by atoms with Crippen LogP contribution in [0.15, 0.2) is 36.4 Å². The van der Waals surface area contributed by atoms with Crippen molar-refractivity contribution >= 4 is 17.4 Å². The van der Waals surface area contributed by atoms with Crippen LogP contribution in [-0.2, 0) is 0 Å². The Morgan fingerprint density at radius 1 is 1.13 bits per heavy atom. The van der Waals surface area contributed by atoms with Crippen LogP contribution in [0.3, 0.4) is 0 Å². The van der Waals surface area contributed by atoms with Crippen molar-refractivity contribution in [1.29, 1.82) is 0 Å². The molecule has 0 radical (unpaired) electrons. The highest BCUT2D eigenvalue weighted by Crippen LogP contribution is 2.33. The van der Waals surface area contributed by atoms with Crippen LogP contribution in [0.5, 0.6) is 0 Å². The second kappa shape index (κ2) is 6.28. The first kappa shape index (κ1) is 15.3. The summed E-state index contributed by atoms with van der Waals surface area (Å²) in [6.07, 6.45) is 2.08. The monoisotopic (exact) mass is 313 g/mol. The lowest BCUT2D eigenvalue weighted by molar-refractivity contribution is 0.222. The number of amides is 2. The third kappa shape index (κ3) is 3.13. The van der Waals surface area contributed by atoms with Crippen LogP contribution in [0.2, 0.25) is 0 Å². The van der Waals surface area contributed by atoms with Crippen LogP contribution in [0, 0.1) is 12.7 Å². The zero-order valence-corrected chi connectivity index (χ0v) is 13.1. The molecular formula is C18H20FN3O. The molecule has 1 saturated heterocycles. The fourth-order valence-corrected chi connectivity index (χ4v) is 2.95. The van der Waals surface area contributed by atoms with Crippen molar-refractivity contribution in [3.05, 3.63) is 47.8 Å². The van der Waals surface area contributed by atoms with E-state index in [0.717, 1.165) is 42.6 Å². The Kier molecular flexibility index (Phi) is 4.19. The molecule has 23 heavy (non-hydrogen) atoms. The van der Waals surface area contributed by atoms with Gasteiger partial charge in [0.15, 0.2) is 0 Å². The molecule has 1 heterocycles. The highest BCUT2D eigenvalue weighted by Gasteiger charge is 2.20. The van der Waals surface area contributed by atoms with Gasteiger partial charge < -0.3 is 16.0 Å². The lowest BCUT2D eigenvalue weighted by atomic mass is 9.98. The lowest BCUT2D eigenvalue weighted by Crippen LogP contribution is -2.32. The SMILES string of the molecule is Cc1c(-c2ccc(F)cc2)ccc(N)c1NC(=O)N1CCCC1. The highest BCUT2D eigenvalue weighted by atomic mass is 19.1. The van der Waals surface area contributed by atoms with Crippen molar-refractivity contribution in [2.45, 2.75) is 19.8 Å². The van der Waals surface area contributed by atoms with E-state index in [1.807, 2.05) is 13.0 Å². The number of hydrogen-bond acceptors (Lipinski definition) is 2. The first-order valence-electron chi connectivity index (χ1n) is 7.77. The maximum Gasteiger partial charge on any atom is 0.321 e. The number of nitrogen functional groups attached to an aromatic ring is 1. The number of carbonyl (C=O) groups excluding carboxylic acids is 1.